The molecule has 0 fully saturated rings. The average molecular weight is 396 g/mol. The van der Waals surface area contributed by atoms with Crippen molar-refractivity contribution in [2.75, 3.05) is 6.61 Å². The fraction of sp³-hybridized carbons (Fsp3) is 0.318. The summed E-state index contributed by atoms with van der Waals surface area (Å²) >= 11 is 0. The monoisotopic (exact) mass is 396 g/mol. The van der Waals surface area contributed by atoms with Crippen LogP contribution in [0.25, 0.3) is 0 Å². The standard InChI is InChI=1S/C22H24N2O5/c1-4-14(2)13-29-17-11-9-16(10-12-17)15(3)23(22(27)28)24-20(25)18-7-5-6-8-19(18)21(24)26/h5-12,14-15H,4,13H2,1-3H3,(H,27,28). The number of carboxylic acid groups (broad SMARTS) is 1. The van der Waals surface area contributed by atoms with Gasteiger partial charge in [0, 0.05) is 0 Å². The normalized spacial score (nSPS) is 15.1. The molecule has 7 nitrogen and oxygen atoms in total. The molecule has 2 atom stereocenters. The molecule has 0 bridgehead atoms. The van der Waals surface area contributed by atoms with Gasteiger partial charge in [-0.25, -0.2) is 9.80 Å². The number of nitrogens with zero attached hydrogens (tertiary/aromatic N) is 2. The van der Waals surface area contributed by atoms with Gasteiger partial charge in [0.15, 0.2) is 0 Å². The zero-order chi connectivity index (χ0) is 21.1. The maximum absolute atomic E-state index is 12.7. The van der Waals surface area contributed by atoms with Gasteiger partial charge < -0.3 is 9.84 Å². The van der Waals surface area contributed by atoms with Gasteiger partial charge in [-0.3, -0.25) is 9.59 Å². The second kappa shape index (κ2) is 8.34. The number of benzene rings is 2. The Morgan fingerprint density at radius 1 is 1.03 bits per heavy atom. The average Bonchev–Trinajstić information content (AvgIpc) is 2.97. The number of rotatable bonds is 7. The molecule has 1 N–H and O–H groups in total. The van der Waals surface area contributed by atoms with E-state index in [1.807, 2.05) is 0 Å². The predicted octanol–water partition coefficient (Wildman–Crippen LogP) is 4.36. The van der Waals surface area contributed by atoms with E-state index < -0.39 is 23.9 Å². The quantitative estimate of drug-likeness (QED) is 0.703. The van der Waals surface area contributed by atoms with Crippen molar-refractivity contribution >= 4 is 17.9 Å². The third kappa shape index (κ3) is 3.94. The number of fused-ring (bicyclic) bond motifs is 1. The van der Waals surface area contributed by atoms with E-state index in [0.717, 1.165) is 11.4 Å². The highest BCUT2D eigenvalue weighted by molar-refractivity contribution is 6.21. The highest BCUT2D eigenvalue weighted by atomic mass is 16.5. The van der Waals surface area contributed by atoms with Gasteiger partial charge in [0.2, 0.25) is 0 Å². The number of amides is 3. The Labute approximate surface area is 169 Å². The molecule has 0 aliphatic carbocycles. The van der Waals surface area contributed by atoms with Crippen LogP contribution >= 0.6 is 0 Å². The summed E-state index contributed by atoms with van der Waals surface area (Å²) in [5, 5.41) is 11.2. The SMILES string of the molecule is CCC(C)COc1ccc(C(C)N(C(=O)O)N2C(=O)c3ccccc3C2=O)cc1. The van der Waals surface area contributed by atoms with E-state index in [1.54, 1.807) is 43.3 Å². The van der Waals surface area contributed by atoms with Crippen molar-refractivity contribution in [1.29, 1.82) is 0 Å². The molecule has 1 aliphatic rings. The Balaban J connectivity index is 1.82. The summed E-state index contributed by atoms with van der Waals surface area (Å²) in [5.74, 6) is -0.171. The molecule has 3 amide bonds. The molecule has 29 heavy (non-hydrogen) atoms. The van der Waals surface area contributed by atoms with Crippen molar-refractivity contribution in [2.45, 2.75) is 33.2 Å². The third-order valence-electron chi connectivity index (χ3n) is 5.14. The highest BCUT2D eigenvalue weighted by Gasteiger charge is 2.43. The maximum atomic E-state index is 12.7. The van der Waals surface area contributed by atoms with E-state index in [2.05, 4.69) is 13.8 Å². The largest absolute Gasteiger partial charge is 0.493 e. The minimum absolute atomic E-state index is 0.199. The molecule has 0 aromatic heterocycles. The van der Waals surface area contributed by atoms with E-state index in [1.165, 1.54) is 12.1 Å². The molecule has 2 aromatic rings. The minimum atomic E-state index is -1.39. The first-order valence-corrected chi connectivity index (χ1v) is 9.57. The topological polar surface area (TPSA) is 87.2 Å². The molecule has 3 rings (SSSR count). The van der Waals surface area contributed by atoms with E-state index in [9.17, 15) is 19.5 Å². The molecular formula is C22H24N2O5. The van der Waals surface area contributed by atoms with Crippen LogP contribution in [-0.2, 0) is 0 Å². The molecule has 7 heteroatoms. The predicted molar refractivity (Wildman–Crippen MR) is 107 cm³/mol. The molecular weight excluding hydrogens is 372 g/mol. The molecule has 1 aliphatic heterocycles. The molecule has 0 spiro atoms. The van der Waals surface area contributed by atoms with Crippen LogP contribution in [0.15, 0.2) is 48.5 Å². The van der Waals surface area contributed by atoms with Crippen molar-refractivity contribution < 1.29 is 24.2 Å². The van der Waals surface area contributed by atoms with Gasteiger partial charge in [-0.05, 0) is 42.7 Å². The lowest BCUT2D eigenvalue weighted by atomic mass is 10.1. The number of carbonyl (C=O) groups is 3. The second-order valence-electron chi connectivity index (χ2n) is 7.16. The van der Waals surface area contributed by atoms with Crippen molar-refractivity contribution in [2.24, 2.45) is 5.92 Å². The molecule has 0 saturated carbocycles. The summed E-state index contributed by atoms with van der Waals surface area (Å²) in [6.45, 7) is 6.43. The van der Waals surface area contributed by atoms with Crippen LogP contribution < -0.4 is 4.74 Å². The summed E-state index contributed by atoms with van der Waals surface area (Å²) < 4.78 is 5.73. The van der Waals surface area contributed by atoms with Gasteiger partial charge in [0.1, 0.15) is 5.75 Å². The number of ether oxygens (including phenoxy) is 1. The van der Waals surface area contributed by atoms with Crippen LogP contribution in [-0.4, -0.2) is 39.6 Å². The Bertz CT molecular complexity index is 890. The minimum Gasteiger partial charge on any atom is -0.493 e. The smallest absolute Gasteiger partial charge is 0.427 e. The Kier molecular flexibility index (Phi) is 5.87. The zero-order valence-corrected chi connectivity index (χ0v) is 16.7. The number of hydrazine groups is 1. The molecule has 2 aromatic carbocycles. The molecule has 2 unspecified atom stereocenters. The van der Waals surface area contributed by atoms with Gasteiger partial charge in [0.25, 0.3) is 11.8 Å². The van der Waals surface area contributed by atoms with Crippen LogP contribution in [0.1, 0.15) is 59.5 Å². The fourth-order valence-corrected chi connectivity index (χ4v) is 3.14. The van der Waals surface area contributed by atoms with Crippen molar-refractivity contribution in [3.05, 3.63) is 65.2 Å². The van der Waals surface area contributed by atoms with Crippen LogP contribution in [0.3, 0.4) is 0 Å². The number of hydrogen-bond donors (Lipinski definition) is 1. The van der Waals surface area contributed by atoms with Gasteiger partial charge in [-0.1, -0.05) is 44.5 Å². The Morgan fingerprint density at radius 3 is 2.07 bits per heavy atom. The molecule has 1 heterocycles. The first kappa shape index (κ1) is 20.4. The zero-order valence-electron chi connectivity index (χ0n) is 16.7. The molecule has 0 radical (unpaired) electrons. The van der Waals surface area contributed by atoms with Gasteiger partial charge in [-0.2, -0.15) is 5.01 Å². The first-order chi connectivity index (χ1) is 13.8. The van der Waals surface area contributed by atoms with Gasteiger partial charge >= 0.3 is 6.09 Å². The van der Waals surface area contributed by atoms with E-state index in [4.69, 9.17) is 4.74 Å². The molecule has 0 saturated heterocycles. The Hall–Kier alpha value is -3.35. The van der Waals surface area contributed by atoms with Crippen molar-refractivity contribution in [3.63, 3.8) is 0 Å². The van der Waals surface area contributed by atoms with Gasteiger partial charge in [-0.15, -0.1) is 0 Å². The Morgan fingerprint density at radius 2 is 1.59 bits per heavy atom. The van der Waals surface area contributed by atoms with E-state index in [0.29, 0.717) is 28.8 Å². The van der Waals surface area contributed by atoms with E-state index in [-0.39, 0.29) is 11.1 Å². The van der Waals surface area contributed by atoms with Crippen LogP contribution in [0.4, 0.5) is 4.79 Å². The van der Waals surface area contributed by atoms with Gasteiger partial charge in [0.05, 0.1) is 23.8 Å². The summed E-state index contributed by atoms with van der Waals surface area (Å²) in [5.41, 5.74) is 1.04. The van der Waals surface area contributed by atoms with Crippen molar-refractivity contribution in [1.82, 2.24) is 10.0 Å². The van der Waals surface area contributed by atoms with E-state index >= 15 is 0 Å². The first-order valence-electron chi connectivity index (χ1n) is 9.57. The van der Waals surface area contributed by atoms with Crippen molar-refractivity contribution in [3.8, 4) is 5.75 Å². The third-order valence-corrected chi connectivity index (χ3v) is 5.14. The maximum Gasteiger partial charge on any atom is 0.427 e. The number of imide groups is 1. The van der Waals surface area contributed by atoms with Crippen LogP contribution in [0.2, 0.25) is 0 Å². The molecule has 152 valence electrons. The second-order valence-corrected chi connectivity index (χ2v) is 7.16. The lowest BCUT2D eigenvalue weighted by molar-refractivity contribution is -0.00906. The number of hydrogen-bond acceptors (Lipinski definition) is 4. The van der Waals surface area contributed by atoms with Crippen LogP contribution in [0, 0.1) is 5.92 Å². The summed E-state index contributed by atoms with van der Waals surface area (Å²) in [6, 6.07) is 12.6. The lowest BCUT2D eigenvalue weighted by Crippen LogP contribution is -2.50. The van der Waals surface area contributed by atoms with Crippen LogP contribution in [0.5, 0.6) is 5.75 Å². The summed E-state index contributed by atoms with van der Waals surface area (Å²) in [4.78, 5) is 37.4. The fourth-order valence-electron chi connectivity index (χ4n) is 3.14. The highest BCUT2D eigenvalue weighted by Crippen LogP contribution is 2.30. The summed E-state index contributed by atoms with van der Waals surface area (Å²) in [6.07, 6.45) is -0.368. The summed E-state index contributed by atoms with van der Waals surface area (Å²) in [7, 11) is 0. The lowest BCUT2D eigenvalue weighted by Gasteiger charge is -2.32. The number of carbonyl (C=O) groups excluding carboxylic acids is 2.